The number of hydrogen-bond acceptors (Lipinski definition) is 7. The first-order valence-electron chi connectivity index (χ1n) is 8.18. The average molecular weight is 448 g/mol. The lowest BCUT2D eigenvalue weighted by molar-refractivity contribution is -0.385. The van der Waals surface area contributed by atoms with Gasteiger partial charge in [0.05, 0.1) is 28.0 Å². The molecule has 11 heteroatoms. The summed E-state index contributed by atoms with van der Waals surface area (Å²) in [7, 11) is 0. The van der Waals surface area contributed by atoms with Crippen molar-refractivity contribution in [3.63, 3.8) is 0 Å². The monoisotopic (exact) mass is 447 g/mol. The number of hydrogen-bond donors (Lipinski definition) is 1. The van der Waals surface area contributed by atoms with E-state index in [1.54, 1.807) is 0 Å². The zero-order valence-electron chi connectivity index (χ0n) is 14.9. The van der Waals surface area contributed by atoms with Crippen LogP contribution in [-0.4, -0.2) is 23.0 Å². The predicted octanol–water partition coefficient (Wildman–Crippen LogP) is 4.48. The highest BCUT2D eigenvalue weighted by atomic mass is 35.5. The van der Waals surface area contributed by atoms with Crippen LogP contribution in [0.1, 0.15) is 26.5 Å². The number of nitrogens with zero attached hydrogens (tertiary/aromatic N) is 2. The zero-order valence-corrected chi connectivity index (χ0v) is 16.4. The van der Waals surface area contributed by atoms with Crippen molar-refractivity contribution in [3.05, 3.63) is 91.8 Å². The Balaban J connectivity index is 1.84. The van der Waals surface area contributed by atoms with Gasteiger partial charge < -0.3 is 9.15 Å². The summed E-state index contributed by atoms with van der Waals surface area (Å²) in [4.78, 5) is 35.0. The molecule has 1 N–H and O–H groups in total. The molecule has 0 spiro atoms. The van der Waals surface area contributed by atoms with E-state index in [1.165, 1.54) is 48.7 Å². The summed E-state index contributed by atoms with van der Waals surface area (Å²) in [5.41, 5.74) is 1.97. The molecule has 0 unspecified atom stereocenters. The van der Waals surface area contributed by atoms with Crippen LogP contribution >= 0.6 is 23.2 Å². The lowest BCUT2D eigenvalue weighted by Gasteiger charge is -2.07. The molecule has 1 heterocycles. The second kappa shape index (κ2) is 9.21. The van der Waals surface area contributed by atoms with Gasteiger partial charge in [0.25, 0.3) is 5.91 Å². The summed E-state index contributed by atoms with van der Waals surface area (Å²) in [5.74, 6) is -2.05. The summed E-state index contributed by atoms with van der Waals surface area (Å²) in [6, 6.07) is 11.1. The van der Waals surface area contributed by atoms with Gasteiger partial charge in [0.2, 0.25) is 11.5 Å². The van der Waals surface area contributed by atoms with Crippen LogP contribution in [0.3, 0.4) is 0 Å². The maximum atomic E-state index is 12.2. The third-order valence-electron chi connectivity index (χ3n) is 3.68. The molecule has 0 aliphatic carbocycles. The van der Waals surface area contributed by atoms with Gasteiger partial charge in [-0.1, -0.05) is 29.3 Å². The Hall–Kier alpha value is -3.69. The molecule has 0 atom stereocenters. The number of ether oxygens (including phenoxy) is 1. The molecule has 0 bridgehead atoms. The largest absolute Gasteiger partial charge is 0.457 e. The van der Waals surface area contributed by atoms with Gasteiger partial charge in [0, 0.05) is 16.7 Å². The van der Waals surface area contributed by atoms with E-state index in [4.69, 9.17) is 32.4 Å². The number of nitro benzene ring substituents is 1. The van der Waals surface area contributed by atoms with Crippen LogP contribution in [-0.2, 0) is 0 Å². The number of furan rings is 1. The molecule has 0 saturated heterocycles. The molecule has 30 heavy (non-hydrogen) atoms. The number of benzene rings is 2. The molecule has 9 nitrogen and oxygen atoms in total. The van der Waals surface area contributed by atoms with Crippen molar-refractivity contribution < 1.29 is 23.7 Å². The highest BCUT2D eigenvalue weighted by molar-refractivity contribution is 6.36. The molecule has 0 aliphatic rings. The lowest BCUT2D eigenvalue weighted by Crippen LogP contribution is -2.18. The number of amides is 1. The van der Waals surface area contributed by atoms with Crippen molar-refractivity contribution in [2.75, 3.05) is 0 Å². The van der Waals surface area contributed by atoms with Crippen molar-refractivity contribution in [3.8, 4) is 5.75 Å². The number of carbonyl (C=O) groups is 2. The molecular weight excluding hydrogens is 437 g/mol. The molecule has 0 saturated carbocycles. The Bertz CT molecular complexity index is 1150. The fourth-order valence-electron chi connectivity index (χ4n) is 2.33. The first-order valence-corrected chi connectivity index (χ1v) is 8.94. The smallest absolute Gasteiger partial charge is 0.379 e. The first-order chi connectivity index (χ1) is 14.4. The minimum Gasteiger partial charge on any atom is -0.457 e. The van der Waals surface area contributed by atoms with E-state index < -0.39 is 22.5 Å². The van der Waals surface area contributed by atoms with Crippen LogP contribution < -0.4 is 10.2 Å². The molecule has 0 radical (unpaired) electrons. The van der Waals surface area contributed by atoms with Gasteiger partial charge in [0.1, 0.15) is 0 Å². The third-order valence-corrected chi connectivity index (χ3v) is 4.23. The van der Waals surface area contributed by atoms with Crippen LogP contribution in [0.5, 0.6) is 5.75 Å². The first kappa shape index (κ1) is 21.0. The molecule has 0 fully saturated rings. The lowest BCUT2D eigenvalue weighted by atomic mass is 10.2. The number of nitrogens with one attached hydrogen (secondary N) is 1. The Morgan fingerprint density at radius 1 is 1.17 bits per heavy atom. The van der Waals surface area contributed by atoms with Gasteiger partial charge in [-0.05, 0) is 36.4 Å². The Morgan fingerprint density at radius 2 is 1.97 bits per heavy atom. The van der Waals surface area contributed by atoms with Crippen molar-refractivity contribution in [1.29, 1.82) is 0 Å². The third kappa shape index (κ3) is 4.83. The van der Waals surface area contributed by atoms with Gasteiger partial charge >= 0.3 is 11.7 Å². The molecule has 0 aliphatic heterocycles. The average Bonchev–Trinajstić information content (AvgIpc) is 3.23. The number of carbonyl (C=O) groups excluding carboxylic acids is 2. The maximum absolute atomic E-state index is 12.2. The van der Waals surface area contributed by atoms with Crippen molar-refractivity contribution in [2.45, 2.75) is 0 Å². The van der Waals surface area contributed by atoms with Gasteiger partial charge in [-0.15, -0.1) is 0 Å². The van der Waals surface area contributed by atoms with E-state index in [2.05, 4.69) is 10.5 Å². The van der Waals surface area contributed by atoms with Crippen molar-refractivity contribution >= 4 is 47.0 Å². The van der Waals surface area contributed by atoms with Crippen molar-refractivity contribution in [2.24, 2.45) is 5.10 Å². The van der Waals surface area contributed by atoms with Gasteiger partial charge in [-0.2, -0.15) is 5.10 Å². The second-order valence-electron chi connectivity index (χ2n) is 5.64. The molecule has 152 valence electrons. The highest BCUT2D eigenvalue weighted by Crippen LogP contribution is 2.30. The number of esters is 1. The van der Waals surface area contributed by atoms with E-state index in [0.717, 1.165) is 12.3 Å². The highest BCUT2D eigenvalue weighted by Gasteiger charge is 2.23. The number of halogens is 2. The van der Waals surface area contributed by atoms with Crippen LogP contribution in [0.15, 0.2) is 64.3 Å². The normalized spacial score (nSPS) is 10.7. The van der Waals surface area contributed by atoms with Crippen LogP contribution in [0.2, 0.25) is 10.0 Å². The summed E-state index contributed by atoms with van der Waals surface area (Å²) in [5, 5.41) is 15.6. The fraction of sp³-hybridized carbons (Fsp3) is 0. The Kier molecular flexibility index (Phi) is 6.45. The zero-order chi connectivity index (χ0) is 21.7. The van der Waals surface area contributed by atoms with Gasteiger partial charge in [0.15, 0.2) is 0 Å². The molecular formula is C19H11Cl2N3O6. The van der Waals surface area contributed by atoms with Crippen LogP contribution in [0, 0.1) is 10.1 Å². The number of hydrazone groups is 1. The minimum absolute atomic E-state index is 0.0756. The van der Waals surface area contributed by atoms with Crippen LogP contribution in [0.25, 0.3) is 0 Å². The summed E-state index contributed by atoms with van der Waals surface area (Å²) in [6.45, 7) is 0. The quantitative estimate of drug-likeness (QED) is 0.195. The molecule has 1 aromatic heterocycles. The summed E-state index contributed by atoms with van der Waals surface area (Å²) < 4.78 is 10.1. The number of rotatable bonds is 6. The van der Waals surface area contributed by atoms with Gasteiger partial charge in [-0.25, -0.2) is 10.2 Å². The van der Waals surface area contributed by atoms with Crippen LogP contribution in [0.4, 0.5) is 5.69 Å². The van der Waals surface area contributed by atoms with E-state index in [0.29, 0.717) is 5.02 Å². The predicted molar refractivity (Wildman–Crippen MR) is 108 cm³/mol. The van der Waals surface area contributed by atoms with Gasteiger partial charge in [-0.3, -0.25) is 14.9 Å². The van der Waals surface area contributed by atoms with E-state index in [9.17, 15) is 19.7 Å². The molecule has 2 aromatic carbocycles. The van der Waals surface area contributed by atoms with Crippen molar-refractivity contribution in [1.82, 2.24) is 5.43 Å². The summed E-state index contributed by atoms with van der Waals surface area (Å²) >= 11 is 11.8. The topological polar surface area (TPSA) is 124 Å². The summed E-state index contributed by atoms with van der Waals surface area (Å²) in [6.07, 6.45) is 2.36. The second-order valence-corrected chi connectivity index (χ2v) is 6.49. The maximum Gasteiger partial charge on any atom is 0.379 e. The Morgan fingerprint density at radius 3 is 2.63 bits per heavy atom. The molecule has 1 amide bonds. The molecule has 3 rings (SSSR count). The standard InChI is InChI=1S/C19H11Cl2N3O6/c20-12-6-7-13(14(21)9-12)18(25)23-22-10-11-3-1-4-15(24(27)28)17(11)30-19(26)16-5-2-8-29-16/h1-10H,(H,23,25)/b22-10+. The molecule has 3 aromatic rings. The SMILES string of the molecule is O=C(Oc1c(/C=N/NC(=O)c2ccc(Cl)cc2Cl)cccc1[N+](=O)[O-])c1ccco1. The van der Waals surface area contributed by atoms with E-state index in [-0.39, 0.29) is 27.7 Å². The van der Waals surface area contributed by atoms with E-state index >= 15 is 0 Å². The van der Waals surface area contributed by atoms with E-state index in [1.807, 2.05) is 0 Å². The minimum atomic E-state index is -0.930. The number of nitro groups is 1. The fourth-order valence-corrected chi connectivity index (χ4v) is 2.83. The number of para-hydroxylation sites is 1. The Labute approximate surface area is 179 Å².